The van der Waals surface area contributed by atoms with Crippen molar-refractivity contribution in [3.05, 3.63) is 0 Å². The molecule has 1 rings (SSSR count). The maximum Gasteiger partial charge on any atom is 0.320 e. The zero-order chi connectivity index (χ0) is 13.4. The van der Waals surface area contributed by atoms with Gasteiger partial charge in [0.25, 0.3) is 0 Å². The molecule has 6 nitrogen and oxygen atoms in total. The van der Waals surface area contributed by atoms with Crippen molar-refractivity contribution >= 4 is 11.9 Å². The van der Waals surface area contributed by atoms with Gasteiger partial charge in [0.15, 0.2) is 0 Å². The maximum absolute atomic E-state index is 11.5. The van der Waals surface area contributed by atoms with E-state index in [1.165, 1.54) is 0 Å². The molecule has 0 aromatic carbocycles. The molecule has 1 atom stereocenters. The lowest BCUT2D eigenvalue weighted by molar-refractivity contribution is -0.149. The van der Waals surface area contributed by atoms with Crippen molar-refractivity contribution in [1.82, 2.24) is 10.2 Å². The Balaban J connectivity index is 2.51. The second kappa shape index (κ2) is 8.05. The molecule has 0 spiro atoms. The molecule has 0 saturated carbocycles. The van der Waals surface area contributed by atoms with Crippen molar-refractivity contribution in [1.29, 1.82) is 0 Å². The molecule has 0 aromatic heterocycles. The highest BCUT2D eigenvalue weighted by atomic mass is 16.5. The van der Waals surface area contributed by atoms with E-state index >= 15 is 0 Å². The third-order valence-corrected chi connectivity index (χ3v) is 2.83. The van der Waals surface area contributed by atoms with Gasteiger partial charge in [-0.3, -0.25) is 14.5 Å². The quantitative estimate of drug-likeness (QED) is 0.637. The molecule has 6 heteroatoms. The second-order valence-electron chi connectivity index (χ2n) is 4.16. The predicted octanol–water partition coefficient (Wildman–Crippen LogP) is -0.223. The van der Waals surface area contributed by atoms with Crippen LogP contribution >= 0.6 is 0 Å². The van der Waals surface area contributed by atoms with Gasteiger partial charge >= 0.3 is 11.9 Å². The van der Waals surface area contributed by atoms with Crippen LogP contribution in [-0.2, 0) is 19.1 Å². The molecule has 0 radical (unpaired) electrons. The summed E-state index contributed by atoms with van der Waals surface area (Å²) in [5.41, 5.74) is 0. The molecule has 1 aliphatic heterocycles. The molecule has 1 heterocycles. The smallest absolute Gasteiger partial charge is 0.320 e. The first kappa shape index (κ1) is 14.9. The third-order valence-electron chi connectivity index (χ3n) is 2.83. The number of carbonyl (C=O) groups is 2. The Morgan fingerprint density at radius 1 is 1.17 bits per heavy atom. The lowest BCUT2D eigenvalue weighted by Gasteiger charge is -2.26. The standard InChI is InChI=1S/C12H22N2O4/c1-3-17-11(15)8-14(9-12(16)18-4-2)10-5-6-13-7-10/h10,13H,3-9H2,1-2H3. The summed E-state index contributed by atoms with van der Waals surface area (Å²) in [4.78, 5) is 24.9. The third kappa shape index (κ3) is 5.01. The van der Waals surface area contributed by atoms with Crippen LogP contribution in [0.3, 0.4) is 0 Å². The van der Waals surface area contributed by atoms with Crippen molar-refractivity contribution in [2.45, 2.75) is 26.3 Å². The monoisotopic (exact) mass is 258 g/mol. The summed E-state index contributed by atoms with van der Waals surface area (Å²) < 4.78 is 9.84. The van der Waals surface area contributed by atoms with E-state index in [-0.39, 0.29) is 31.1 Å². The van der Waals surface area contributed by atoms with E-state index < -0.39 is 0 Å². The van der Waals surface area contributed by atoms with Crippen LogP contribution in [0.15, 0.2) is 0 Å². The van der Waals surface area contributed by atoms with Crippen LogP contribution in [0.2, 0.25) is 0 Å². The van der Waals surface area contributed by atoms with Gasteiger partial charge in [0.1, 0.15) is 0 Å². The van der Waals surface area contributed by atoms with Gasteiger partial charge in [0.2, 0.25) is 0 Å². The summed E-state index contributed by atoms with van der Waals surface area (Å²) in [5.74, 6) is -0.595. The van der Waals surface area contributed by atoms with Gasteiger partial charge in [0.05, 0.1) is 26.3 Å². The predicted molar refractivity (Wildman–Crippen MR) is 66.1 cm³/mol. The van der Waals surface area contributed by atoms with Gasteiger partial charge < -0.3 is 14.8 Å². The highest BCUT2D eigenvalue weighted by Gasteiger charge is 2.26. The number of hydrogen-bond donors (Lipinski definition) is 1. The molecule has 0 bridgehead atoms. The molecule has 18 heavy (non-hydrogen) atoms. The van der Waals surface area contributed by atoms with Crippen LogP contribution in [0.25, 0.3) is 0 Å². The first-order chi connectivity index (χ1) is 8.67. The first-order valence-electron chi connectivity index (χ1n) is 6.43. The highest BCUT2D eigenvalue weighted by Crippen LogP contribution is 2.08. The van der Waals surface area contributed by atoms with E-state index in [9.17, 15) is 9.59 Å². The molecule has 1 saturated heterocycles. The molecule has 1 N–H and O–H groups in total. The van der Waals surface area contributed by atoms with Crippen LogP contribution < -0.4 is 5.32 Å². The molecule has 1 aliphatic rings. The molecule has 0 aliphatic carbocycles. The zero-order valence-electron chi connectivity index (χ0n) is 11.1. The van der Waals surface area contributed by atoms with Gasteiger partial charge in [-0.05, 0) is 26.8 Å². The fourth-order valence-corrected chi connectivity index (χ4v) is 2.01. The summed E-state index contributed by atoms with van der Waals surface area (Å²) in [6.07, 6.45) is 0.929. The van der Waals surface area contributed by atoms with E-state index in [0.717, 1.165) is 19.5 Å². The number of esters is 2. The van der Waals surface area contributed by atoms with Crippen molar-refractivity contribution in [2.75, 3.05) is 39.4 Å². The SMILES string of the molecule is CCOC(=O)CN(CC(=O)OCC)C1CCNC1. The summed E-state index contributed by atoms with van der Waals surface area (Å²) >= 11 is 0. The minimum atomic E-state index is -0.298. The highest BCUT2D eigenvalue weighted by molar-refractivity contribution is 5.75. The fraction of sp³-hybridized carbons (Fsp3) is 0.833. The number of ether oxygens (including phenoxy) is 2. The van der Waals surface area contributed by atoms with E-state index in [4.69, 9.17) is 9.47 Å². The normalized spacial score (nSPS) is 18.9. The summed E-state index contributed by atoms with van der Waals surface area (Å²) in [7, 11) is 0. The Bertz CT molecular complexity index is 257. The van der Waals surface area contributed by atoms with Crippen LogP contribution in [-0.4, -0.2) is 62.3 Å². The number of nitrogens with zero attached hydrogens (tertiary/aromatic N) is 1. The van der Waals surface area contributed by atoms with E-state index in [0.29, 0.717) is 13.2 Å². The van der Waals surface area contributed by atoms with Gasteiger partial charge in [-0.25, -0.2) is 0 Å². The Morgan fingerprint density at radius 3 is 2.11 bits per heavy atom. The molecule has 1 fully saturated rings. The average Bonchev–Trinajstić information content (AvgIpc) is 2.82. The zero-order valence-corrected chi connectivity index (χ0v) is 11.1. The van der Waals surface area contributed by atoms with Crippen molar-refractivity contribution in [3.63, 3.8) is 0 Å². The summed E-state index contributed by atoms with van der Waals surface area (Å²) in [6, 6.07) is 0.193. The average molecular weight is 258 g/mol. The molecule has 1 unspecified atom stereocenters. The van der Waals surface area contributed by atoms with E-state index in [1.807, 2.05) is 4.90 Å². The Labute approximate surface area is 108 Å². The summed E-state index contributed by atoms with van der Waals surface area (Å²) in [5, 5.41) is 3.22. The fourth-order valence-electron chi connectivity index (χ4n) is 2.01. The van der Waals surface area contributed by atoms with Gasteiger partial charge in [-0.15, -0.1) is 0 Å². The number of rotatable bonds is 7. The van der Waals surface area contributed by atoms with E-state index in [2.05, 4.69) is 5.32 Å². The minimum Gasteiger partial charge on any atom is -0.465 e. The lowest BCUT2D eigenvalue weighted by Crippen LogP contribution is -2.44. The topological polar surface area (TPSA) is 67.9 Å². The van der Waals surface area contributed by atoms with Crippen LogP contribution in [0.5, 0.6) is 0 Å². The molecular formula is C12H22N2O4. The van der Waals surface area contributed by atoms with Crippen LogP contribution in [0, 0.1) is 0 Å². The number of nitrogens with one attached hydrogen (secondary N) is 1. The Hall–Kier alpha value is -1.14. The van der Waals surface area contributed by atoms with Crippen molar-refractivity contribution < 1.29 is 19.1 Å². The van der Waals surface area contributed by atoms with Crippen LogP contribution in [0.1, 0.15) is 20.3 Å². The minimum absolute atomic E-state index is 0.138. The maximum atomic E-state index is 11.5. The first-order valence-corrected chi connectivity index (χ1v) is 6.43. The lowest BCUT2D eigenvalue weighted by atomic mass is 10.2. The largest absolute Gasteiger partial charge is 0.465 e. The second-order valence-corrected chi connectivity index (χ2v) is 4.16. The van der Waals surface area contributed by atoms with Gasteiger partial charge in [-0.1, -0.05) is 0 Å². The van der Waals surface area contributed by atoms with Gasteiger partial charge in [0, 0.05) is 12.6 Å². The van der Waals surface area contributed by atoms with Crippen molar-refractivity contribution in [2.24, 2.45) is 0 Å². The van der Waals surface area contributed by atoms with Crippen molar-refractivity contribution in [3.8, 4) is 0 Å². The Kier molecular flexibility index (Phi) is 6.67. The molecule has 0 amide bonds. The summed E-state index contributed by atoms with van der Waals surface area (Å²) in [6.45, 7) is 6.23. The van der Waals surface area contributed by atoms with E-state index in [1.54, 1.807) is 13.8 Å². The number of carbonyl (C=O) groups excluding carboxylic acids is 2. The Morgan fingerprint density at radius 2 is 1.72 bits per heavy atom. The molecular weight excluding hydrogens is 236 g/mol. The molecule has 104 valence electrons. The molecule has 0 aromatic rings. The number of hydrogen-bond acceptors (Lipinski definition) is 6. The van der Waals surface area contributed by atoms with Gasteiger partial charge in [-0.2, -0.15) is 0 Å². The van der Waals surface area contributed by atoms with Crippen LogP contribution in [0.4, 0.5) is 0 Å².